The first kappa shape index (κ1) is 25.2. The molecule has 186 valence electrons. The molecule has 0 saturated heterocycles. The molecule has 0 spiro atoms. The van der Waals surface area contributed by atoms with E-state index in [1.165, 1.54) is 0 Å². The minimum atomic E-state index is -0.624. The van der Waals surface area contributed by atoms with Crippen LogP contribution in [0.4, 0.5) is 21.9 Å². The highest BCUT2D eigenvalue weighted by Crippen LogP contribution is 2.32. The molecule has 1 aliphatic rings. The number of ether oxygens (including phenoxy) is 1. The normalized spacial score (nSPS) is 14.4. The Kier molecular flexibility index (Phi) is 7.55. The fourth-order valence-electron chi connectivity index (χ4n) is 4.06. The number of rotatable bonds is 5. The van der Waals surface area contributed by atoms with Crippen LogP contribution in [0.5, 0.6) is 0 Å². The van der Waals surface area contributed by atoms with Crippen LogP contribution in [0.15, 0.2) is 72.8 Å². The number of carbonyl (C=O) groups is 2. The van der Waals surface area contributed by atoms with Crippen LogP contribution in [0.25, 0.3) is 0 Å². The van der Waals surface area contributed by atoms with Crippen molar-refractivity contribution in [2.75, 3.05) is 16.0 Å². The van der Waals surface area contributed by atoms with Crippen molar-refractivity contribution in [2.45, 2.75) is 45.3 Å². The average molecular weight is 503 g/mol. The van der Waals surface area contributed by atoms with Gasteiger partial charge in [0.1, 0.15) is 5.60 Å². The van der Waals surface area contributed by atoms with Crippen molar-refractivity contribution >= 4 is 46.4 Å². The van der Waals surface area contributed by atoms with E-state index in [1.807, 2.05) is 48.5 Å². The maximum atomic E-state index is 13.0. The van der Waals surface area contributed by atoms with Crippen LogP contribution in [-0.2, 0) is 11.2 Å². The molecule has 0 saturated carbocycles. The van der Waals surface area contributed by atoms with Gasteiger partial charge >= 0.3 is 6.09 Å². The van der Waals surface area contributed by atoms with E-state index in [0.717, 1.165) is 29.7 Å². The van der Waals surface area contributed by atoms with E-state index in [0.29, 0.717) is 22.1 Å². The fraction of sp³-hybridized carbons (Fsp3) is 0.250. The van der Waals surface area contributed by atoms with Gasteiger partial charge in [0.05, 0.1) is 17.4 Å². The summed E-state index contributed by atoms with van der Waals surface area (Å²) in [5, 5.41) is 12.8. The van der Waals surface area contributed by atoms with Gasteiger partial charge in [-0.3, -0.25) is 10.1 Å². The van der Waals surface area contributed by atoms with Crippen molar-refractivity contribution < 1.29 is 14.3 Å². The summed E-state index contributed by atoms with van der Waals surface area (Å²) < 4.78 is 5.32. The summed E-state index contributed by atoms with van der Waals surface area (Å²) in [7, 11) is 0. The van der Waals surface area contributed by atoms with Crippen LogP contribution in [0.3, 0.4) is 0 Å². The molecule has 1 atom stereocenters. The Balaban J connectivity index is 1.41. The molecule has 3 aromatic rings. The second kappa shape index (κ2) is 10.8. The van der Waals surface area contributed by atoms with Gasteiger partial charge in [-0.15, -0.1) is 0 Å². The number of carbonyl (C=O) groups excluding carboxylic acids is 2. The third-order valence-electron chi connectivity index (χ3n) is 5.63. The van der Waals surface area contributed by atoms with E-state index in [9.17, 15) is 9.59 Å². The van der Waals surface area contributed by atoms with Crippen LogP contribution in [0, 0.1) is 0 Å². The zero-order valence-corrected chi connectivity index (χ0v) is 21.4. The number of para-hydroxylation sites is 3. The second-order valence-corrected chi connectivity index (χ2v) is 10.0. The third kappa shape index (κ3) is 6.60. The van der Waals surface area contributed by atoms with E-state index in [2.05, 4.69) is 21.3 Å². The lowest BCUT2D eigenvalue weighted by Crippen LogP contribution is -2.31. The highest BCUT2D eigenvalue weighted by atomic mass is 32.1. The smallest absolute Gasteiger partial charge is 0.412 e. The molecule has 0 radical (unpaired) electrons. The van der Waals surface area contributed by atoms with Crippen molar-refractivity contribution in [1.29, 1.82) is 0 Å². The minimum absolute atomic E-state index is 0.0829. The molecule has 0 aliphatic heterocycles. The highest BCUT2D eigenvalue weighted by molar-refractivity contribution is 7.80. The zero-order valence-electron chi connectivity index (χ0n) is 20.6. The van der Waals surface area contributed by atoms with Crippen molar-refractivity contribution in [2.24, 2.45) is 0 Å². The summed E-state index contributed by atoms with van der Waals surface area (Å²) in [4.78, 5) is 25.2. The number of anilines is 3. The van der Waals surface area contributed by atoms with E-state index >= 15 is 0 Å². The first-order valence-electron chi connectivity index (χ1n) is 11.8. The molecule has 4 N–H and O–H groups in total. The Labute approximate surface area is 216 Å². The number of amides is 2. The largest absolute Gasteiger partial charge is 0.444 e. The molecule has 36 heavy (non-hydrogen) atoms. The molecule has 4 rings (SSSR count). The number of hydrogen-bond donors (Lipinski definition) is 4. The van der Waals surface area contributed by atoms with Gasteiger partial charge in [-0.05, 0) is 93.4 Å². The molecule has 1 aliphatic carbocycles. The van der Waals surface area contributed by atoms with Gasteiger partial charge in [-0.25, -0.2) is 4.79 Å². The van der Waals surface area contributed by atoms with Gasteiger partial charge in [-0.1, -0.05) is 36.4 Å². The first-order chi connectivity index (χ1) is 17.2. The molecule has 2 amide bonds. The quantitative estimate of drug-likeness (QED) is 0.308. The summed E-state index contributed by atoms with van der Waals surface area (Å²) in [6, 6.07) is 22.6. The summed E-state index contributed by atoms with van der Waals surface area (Å²) in [5.41, 5.74) is 4.06. The van der Waals surface area contributed by atoms with E-state index in [-0.39, 0.29) is 11.9 Å². The van der Waals surface area contributed by atoms with Crippen molar-refractivity contribution in [1.82, 2.24) is 5.32 Å². The van der Waals surface area contributed by atoms with Crippen LogP contribution < -0.4 is 21.3 Å². The maximum absolute atomic E-state index is 13.0. The monoisotopic (exact) mass is 502 g/mol. The lowest BCUT2D eigenvalue weighted by molar-refractivity contribution is 0.0635. The van der Waals surface area contributed by atoms with Crippen LogP contribution in [-0.4, -0.2) is 22.7 Å². The third-order valence-corrected chi connectivity index (χ3v) is 5.85. The van der Waals surface area contributed by atoms with Crippen molar-refractivity contribution in [3.63, 3.8) is 0 Å². The molecule has 0 heterocycles. The predicted octanol–water partition coefficient (Wildman–Crippen LogP) is 6.26. The van der Waals surface area contributed by atoms with E-state index < -0.39 is 11.7 Å². The van der Waals surface area contributed by atoms with Crippen molar-refractivity contribution in [3.05, 3.63) is 89.5 Å². The van der Waals surface area contributed by atoms with Gasteiger partial charge in [0.2, 0.25) is 0 Å². The number of thiocarbonyl (C=S) groups is 1. The Morgan fingerprint density at radius 3 is 2.25 bits per heavy atom. The summed E-state index contributed by atoms with van der Waals surface area (Å²) in [5.74, 6) is -0.256. The van der Waals surface area contributed by atoms with Gasteiger partial charge in [-0.2, -0.15) is 0 Å². The van der Waals surface area contributed by atoms with Gasteiger partial charge < -0.3 is 20.7 Å². The fourth-order valence-corrected chi connectivity index (χ4v) is 4.32. The van der Waals surface area contributed by atoms with Gasteiger partial charge in [0.15, 0.2) is 5.11 Å². The molecule has 0 bridgehead atoms. The average Bonchev–Trinajstić information content (AvgIpc) is 3.21. The highest BCUT2D eigenvalue weighted by Gasteiger charge is 2.24. The SMILES string of the molecule is CC(C)(C)OC(=O)Nc1ccccc1NC(=O)c1ccc2c(c1)CCC2NC(=S)Nc1ccccc1. The number of fused-ring (bicyclic) bond motifs is 1. The summed E-state index contributed by atoms with van der Waals surface area (Å²) in [6.45, 7) is 5.38. The molecule has 0 aromatic heterocycles. The molecular formula is C28H30N4O3S. The number of nitrogens with one attached hydrogen (secondary N) is 4. The Bertz CT molecular complexity index is 1270. The van der Waals surface area contributed by atoms with E-state index in [1.54, 1.807) is 45.0 Å². The van der Waals surface area contributed by atoms with Crippen LogP contribution >= 0.6 is 12.2 Å². The second-order valence-electron chi connectivity index (χ2n) is 9.60. The molecule has 7 nitrogen and oxygen atoms in total. The topological polar surface area (TPSA) is 91.5 Å². The van der Waals surface area contributed by atoms with Gasteiger partial charge in [0, 0.05) is 11.3 Å². The molecular weight excluding hydrogens is 472 g/mol. The van der Waals surface area contributed by atoms with Gasteiger partial charge in [0.25, 0.3) is 5.91 Å². The Hall–Kier alpha value is -3.91. The Morgan fingerprint density at radius 2 is 1.56 bits per heavy atom. The van der Waals surface area contributed by atoms with Crippen molar-refractivity contribution in [3.8, 4) is 0 Å². The predicted molar refractivity (Wildman–Crippen MR) is 148 cm³/mol. The van der Waals surface area contributed by atoms with E-state index in [4.69, 9.17) is 17.0 Å². The summed E-state index contributed by atoms with van der Waals surface area (Å²) >= 11 is 5.49. The lowest BCUT2D eigenvalue weighted by Gasteiger charge is -2.20. The van der Waals surface area contributed by atoms with Crippen LogP contribution in [0.2, 0.25) is 0 Å². The maximum Gasteiger partial charge on any atom is 0.412 e. The Morgan fingerprint density at radius 1 is 0.889 bits per heavy atom. The number of benzene rings is 3. The number of aryl methyl sites for hydroxylation is 1. The molecule has 1 unspecified atom stereocenters. The zero-order chi connectivity index (χ0) is 25.7. The molecule has 0 fully saturated rings. The molecule has 8 heteroatoms. The summed E-state index contributed by atoms with van der Waals surface area (Å²) in [6.07, 6.45) is 1.15. The minimum Gasteiger partial charge on any atom is -0.444 e. The van der Waals surface area contributed by atoms with Crippen LogP contribution in [0.1, 0.15) is 54.7 Å². The standard InChI is InChI=1S/C28H30N4O3S/c1-28(2,3)35-27(34)32-24-12-8-7-11-23(24)30-25(33)19-13-15-21-18(17-19)14-16-22(21)31-26(36)29-20-9-5-4-6-10-20/h4-13,15,17,22H,14,16H2,1-3H3,(H,30,33)(H,32,34)(H2,29,31,36). The number of hydrogen-bond acceptors (Lipinski definition) is 4. The lowest BCUT2D eigenvalue weighted by atomic mass is 10.0. The molecule has 3 aromatic carbocycles. The first-order valence-corrected chi connectivity index (χ1v) is 12.2.